The summed E-state index contributed by atoms with van der Waals surface area (Å²) in [6.07, 6.45) is 1.85. The Kier molecular flexibility index (Phi) is 4.65. The Morgan fingerprint density at radius 2 is 1.61 bits per heavy atom. The first-order valence-corrected chi connectivity index (χ1v) is 7.59. The third kappa shape index (κ3) is 3.55. The van der Waals surface area contributed by atoms with Gasteiger partial charge in [0.2, 0.25) is 0 Å². The minimum Gasteiger partial charge on any atom is -0.457 e. The van der Waals surface area contributed by atoms with Crippen molar-refractivity contribution in [2.45, 2.75) is 6.61 Å². The van der Waals surface area contributed by atoms with Gasteiger partial charge in [0.15, 0.2) is 0 Å². The number of hydrogen-bond acceptors (Lipinski definition) is 3. The van der Waals surface area contributed by atoms with Gasteiger partial charge in [0.1, 0.15) is 11.5 Å². The van der Waals surface area contributed by atoms with Crippen molar-refractivity contribution in [2.24, 2.45) is 7.05 Å². The molecule has 0 atom stereocenters. The van der Waals surface area contributed by atoms with E-state index in [1.165, 1.54) is 0 Å². The molecular weight excluding hydrogens is 312 g/mol. The molecule has 1 aromatic heterocycles. The lowest BCUT2D eigenvalue weighted by molar-refractivity contribution is 0.178. The first kappa shape index (κ1) is 15.6. The van der Waals surface area contributed by atoms with Crippen LogP contribution in [0, 0.1) is 0 Å². The summed E-state index contributed by atoms with van der Waals surface area (Å²) in [5.41, 5.74) is 3.18. The first-order chi connectivity index (χ1) is 11.2. The zero-order chi connectivity index (χ0) is 16.2. The molecule has 2 aromatic carbocycles. The molecule has 3 rings (SSSR count). The van der Waals surface area contributed by atoms with Crippen LogP contribution in [0.25, 0.3) is 11.1 Å². The number of nitrogens with zero attached hydrogens (tertiary/aromatic N) is 2. The van der Waals surface area contributed by atoms with Crippen LogP contribution < -0.4 is 4.74 Å². The van der Waals surface area contributed by atoms with E-state index in [4.69, 9.17) is 21.1 Å². The largest absolute Gasteiger partial charge is 0.457 e. The van der Waals surface area contributed by atoms with Crippen molar-refractivity contribution >= 4 is 11.6 Å². The lowest BCUT2D eigenvalue weighted by atomic mass is 10.1. The highest BCUT2D eigenvalue weighted by Gasteiger charge is 2.10. The molecule has 0 spiro atoms. The van der Waals surface area contributed by atoms with Crippen LogP contribution in [-0.2, 0) is 18.4 Å². The van der Waals surface area contributed by atoms with Crippen LogP contribution in [0.4, 0.5) is 0 Å². The van der Waals surface area contributed by atoms with E-state index < -0.39 is 0 Å². The van der Waals surface area contributed by atoms with Gasteiger partial charge in [-0.05, 0) is 42.0 Å². The summed E-state index contributed by atoms with van der Waals surface area (Å²) in [6, 6.07) is 15.2. The van der Waals surface area contributed by atoms with Gasteiger partial charge in [0, 0.05) is 24.7 Å². The Morgan fingerprint density at radius 3 is 2.22 bits per heavy atom. The number of hydrogen-bond donors (Lipinski definition) is 0. The van der Waals surface area contributed by atoms with Crippen LogP contribution in [0.2, 0.25) is 5.02 Å². The van der Waals surface area contributed by atoms with Crippen LogP contribution in [0.3, 0.4) is 0 Å². The minimum absolute atomic E-state index is 0.523. The summed E-state index contributed by atoms with van der Waals surface area (Å²) >= 11 is 5.87. The van der Waals surface area contributed by atoms with E-state index >= 15 is 0 Å². The zero-order valence-corrected chi connectivity index (χ0v) is 13.7. The van der Waals surface area contributed by atoms with Gasteiger partial charge < -0.3 is 9.47 Å². The fourth-order valence-electron chi connectivity index (χ4n) is 2.35. The lowest BCUT2D eigenvalue weighted by Gasteiger charge is -2.08. The Balaban J connectivity index is 1.81. The van der Waals surface area contributed by atoms with E-state index in [0.29, 0.717) is 11.6 Å². The molecule has 0 aliphatic rings. The van der Waals surface area contributed by atoms with Gasteiger partial charge in [0.25, 0.3) is 0 Å². The van der Waals surface area contributed by atoms with E-state index in [-0.39, 0.29) is 0 Å². The predicted octanol–water partition coefficient (Wildman–Crippen LogP) is 4.68. The monoisotopic (exact) mass is 328 g/mol. The third-order valence-corrected chi connectivity index (χ3v) is 3.81. The van der Waals surface area contributed by atoms with Gasteiger partial charge in [-0.1, -0.05) is 23.7 Å². The molecule has 0 saturated carbocycles. The molecule has 4 nitrogen and oxygen atoms in total. The molecule has 0 N–H and O–H groups in total. The van der Waals surface area contributed by atoms with Crippen molar-refractivity contribution in [1.29, 1.82) is 0 Å². The maximum Gasteiger partial charge on any atom is 0.127 e. The van der Waals surface area contributed by atoms with Crippen LogP contribution in [-0.4, -0.2) is 16.9 Å². The van der Waals surface area contributed by atoms with Crippen molar-refractivity contribution in [3.05, 3.63) is 65.4 Å². The maximum absolute atomic E-state index is 5.87. The summed E-state index contributed by atoms with van der Waals surface area (Å²) < 4.78 is 12.9. The Labute approximate surface area is 140 Å². The smallest absolute Gasteiger partial charge is 0.127 e. The second-order valence-corrected chi connectivity index (χ2v) is 5.58. The summed E-state index contributed by atoms with van der Waals surface area (Å²) in [6.45, 7) is 0.523. The molecule has 23 heavy (non-hydrogen) atoms. The first-order valence-electron chi connectivity index (χ1n) is 7.21. The molecule has 0 aliphatic carbocycles. The van der Waals surface area contributed by atoms with Crippen LogP contribution >= 0.6 is 11.6 Å². The molecule has 0 fully saturated rings. The SMILES string of the molecule is COCc1c(-c2ccc(Oc3ccc(Cl)cc3)cc2)cnn1C. The van der Waals surface area contributed by atoms with Crippen LogP contribution in [0.5, 0.6) is 11.5 Å². The maximum atomic E-state index is 5.87. The van der Waals surface area contributed by atoms with Gasteiger partial charge in [-0.2, -0.15) is 5.10 Å². The van der Waals surface area contributed by atoms with Gasteiger partial charge in [-0.15, -0.1) is 0 Å². The van der Waals surface area contributed by atoms with Crippen molar-refractivity contribution in [3.8, 4) is 22.6 Å². The van der Waals surface area contributed by atoms with Crippen molar-refractivity contribution in [1.82, 2.24) is 9.78 Å². The average Bonchev–Trinajstić information content (AvgIpc) is 2.92. The Bertz CT molecular complexity index is 780. The molecule has 5 heteroatoms. The van der Waals surface area contributed by atoms with Crippen molar-refractivity contribution in [2.75, 3.05) is 7.11 Å². The fraction of sp³-hybridized carbons (Fsp3) is 0.167. The summed E-state index contributed by atoms with van der Waals surface area (Å²) in [5.74, 6) is 1.52. The van der Waals surface area contributed by atoms with E-state index in [9.17, 15) is 0 Å². The third-order valence-electron chi connectivity index (χ3n) is 3.56. The van der Waals surface area contributed by atoms with E-state index in [2.05, 4.69) is 5.10 Å². The standard InChI is InChI=1S/C18H17ClN2O2/c1-21-18(12-22-2)17(11-20-21)13-3-7-15(8-4-13)23-16-9-5-14(19)6-10-16/h3-11H,12H2,1-2H3. The highest BCUT2D eigenvalue weighted by Crippen LogP contribution is 2.28. The topological polar surface area (TPSA) is 36.3 Å². The van der Waals surface area contributed by atoms with E-state index in [0.717, 1.165) is 28.3 Å². The molecule has 1 heterocycles. The molecule has 0 aliphatic heterocycles. The molecule has 0 saturated heterocycles. The number of rotatable bonds is 5. The molecule has 118 valence electrons. The highest BCUT2D eigenvalue weighted by atomic mass is 35.5. The van der Waals surface area contributed by atoms with E-state index in [1.54, 1.807) is 19.2 Å². The normalized spacial score (nSPS) is 10.7. The number of aryl methyl sites for hydroxylation is 1. The average molecular weight is 329 g/mol. The number of methoxy groups -OCH3 is 1. The molecule has 0 radical (unpaired) electrons. The number of benzene rings is 2. The summed E-state index contributed by atoms with van der Waals surface area (Å²) in [5, 5.41) is 4.99. The van der Waals surface area contributed by atoms with E-state index in [1.807, 2.05) is 54.3 Å². The van der Waals surface area contributed by atoms with Crippen LogP contribution in [0.15, 0.2) is 54.7 Å². The predicted molar refractivity (Wildman–Crippen MR) is 90.9 cm³/mol. The summed E-state index contributed by atoms with van der Waals surface area (Å²) in [7, 11) is 3.59. The molecule has 0 bridgehead atoms. The molecular formula is C18H17ClN2O2. The van der Waals surface area contributed by atoms with Crippen molar-refractivity contribution < 1.29 is 9.47 Å². The molecule has 0 amide bonds. The quantitative estimate of drug-likeness (QED) is 0.682. The van der Waals surface area contributed by atoms with Crippen molar-refractivity contribution in [3.63, 3.8) is 0 Å². The number of halogens is 1. The molecule has 3 aromatic rings. The lowest BCUT2D eigenvalue weighted by Crippen LogP contribution is -2.00. The molecule has 0 unspecified atom stereocenters. The number of ether oxygens (including phenoxy) is 2. The minimum atomic E-state index is 0.523. The zero-order valence-electron chi connectivity index (χ0n) is 13.0. The Hall–Kier alpha value is -2.30. The van der Waals surface area contributed by atoms with Gasteiger partial charge in [0.05, 0.1) is 18.5 Å². The van der Waals surface area contributed by atoms with Gasteiger partial charge >= 0.3 is 0 Å². The van der Waals surface area contributed by atoms with Gasteiger partial charge in [-0.3, -0.25) is 4.68 Å². The Morgan fingerprint density at radius 1 is 1.00 bits per heavy atom. The van der Waals surface area contributed by atoms with Gasteiger partial charge in [-0.25, -0.2) is 0 Å². The second kappa shape index (κ2) is 6.86. The van der Waals surface area contributed by atoms with Crippen LogP contribution in [0.1, 0.15) is 5.69 Å². The summed E-state index contributed by atoms with van der Waals surface area (Å²) in [4.78, 5) is 0. The fourth-order valence-corrected chi connectivity index (χ4v) is 2.48. The highest BCUT2D eigenvalue weighted by molar-refractivity contribution is 6.30. The second-order valence-electron chi connectivity index (χ2n) is 5.14. The number of aromatic nitrogens is 2.